The third kappa shape index (κ3) is 7.47. The molecule has 1 aliphatic carbocycles. The van der Waals surface area contributed by atoms with Crippen LogP contribution in [0.5, 0.6) is 0 Å². The minimum Gasteiger partial charge on any atom is -0.349 e. The molecule has 1 amide bonds. The summed E-state index contributed by atoms with van der Waals surface area (Å²) < 4.78 is 28.9. The molecule has 0 saturated heterocycles. The van der Waals surface area contributed by atoms with Gasteiger partial charge in [0.1, 0.15) is 0 Å². The van der Waals surface area contributed by atoms with E-state index < -0.39 is 9.84 Å². The summed E-state index contributed by atoms with van der Waals surface area (Å²) in [5.41, 5.74) is 3.82. The number of aryl methyl sites for hydroxylation is 1. The molecule has 0 bridgehead atoms. The lowest BCUT2D eigenvalue weighted by atomic mass is 9.84. The lowest BCUT2D eigenvalue weighted by molar-refractivity contribution is 0.0920. The van der Waals surface area contributed by atoms with Gasteiger partial charge in [0.15, 0.2) is 9.84 Å². The van der Waals surface area contributed by atoms with Crippen LogP contribution in [0.4, 0.5) is 0 Å². The number of fused-ring (bicyclic) bond motifs is 1. The number of carbonyl (C=O) groups excluding carboxylic acids is 1. The zero-order chi connectivity index (χ0) is 26.7. The maximum atomic E-state index is 12.9. The Morgan fingerprint density at radius 2 is 1.79 bits per heavy atom. The highest BCUT2D eigenvalue weighted by Crippen LogP contribution is 2.28. The molecule has 2 heterocycles. The summed E-state index contributed by atoms with van der Waals surface area (Å²) in [4.78, 5) is 20.1. The highest BCUT2D eigenvalue weighted by Gasteiger charge is 2.24. The van der Waals surface area contributed by atoms with Gasteiger partial charge in [0.05, 0.1) is 4.90 Å². The summed E-state index contributed by atoms with van der Waals surface area (Å²) >= 11 is 0. The van der Waals surface area contributed by atoms with Crippen LogP contribution in [0.25, 0.3) is 11.4 Å². The second-order valence-electron chi connectivity index (χ2n) is 10.7. The van der Waals surface area contributed by atoms with E-state index in [-0.39, 0.29) is 24.4 Å². The molecule has 1 aromatic heterocycles. The fourth-order valence-electron chi connectivity index (χ4n) is 5.65. The number of amides is 1. The van der Waals surface area contributed by atoms with Crippen LogP contribution in [0.1, 0.15) is 59.5 Å². The molecule has 2 aromatic carbocycles. The van der Waals surface area contributed by atoms with Gasteiger partial charge >= 0.3 is 0 Å². The molecular weight excluding hydrogens is 536 g/mol. The van der Waals surface area contributed by atoms with E-state index in [1.807, 2.05) is 36.4 Å². The molecule has 1 aliphatic heterocycles. The van der Waals surface area contributed by atoms with Crippen molar-refractivity contribution in [3.05, 3.63) is 65.0 Å². The van der Waals surface area contributed by atoms with E-state index in [0.717, 1.165) is 70.1 Å². The van der Waals surface area contributed by atoms with Crippen LogP contribution >= 0.6 is 12.4 Å². The molecule has 0 atom stereocenters. The van der Waals surface area contributed by atoms with Crippen molar-refractivity contribution in [1.29, 1.82) is 0 Å². The molecular formula is C29H37ClN4O4S. The van der Waals surface area contributed by atoms with Gasteiger partial charge in [0, 0.05) is 43.4 Å². The first-order valence-corrected chi connectivity index (χ1v) is 15.4. The molecule has 3 aromatic rings. The van der Waals surface area contributed by atoms with Gasteiger partial charge in [-0.1, -0.05) is 23.4 Å². The van der Waals surface area contributed by atoms with Crippen LogP contribution in [0.15, 0.2) is 51.9 Å². The van der Waals surface area contributed by atoms with Gasteiger partial charge in [-0.25, -0.2) is 8.42 Å². The first kappa shape index (κ1) is 29.2. The summed E-state index contributed by atoms with van der Waals surface area (Å²) in [6, 6.07) is 13.2. The second kappa shape index (κ2) is 12.6. The number of hydrogen-bond donors (Lipinski definition) is 1. The highest BCUT2D eigenvalue weighted by atomic mass is 35.5. The fraction of sp³-hybridized carbons (Fsp3) is 0.483. The van der Waals surface area contributed by atoms with Crippen molar-refractivity contribution in [2.45, 2.75) is 62.8 Å². The van der Waals surface area contributed by atoms with Crippen LogP contribution in [0.3, 0.4) is 0 Å². The van der Waals surface area contributed by atoms with E-state index >= 15 is 0 Å². The summed E-state index contributed by atoms with van der Waals surface area (Å²) in [5.74, 6) is 1.61. The van der Waals surface area contributed by atoms with Crippen LogP contribution in [-0.2, 0) is 22.7 Å². The van der Waals surface area contributed by atoms with Gasteiger partial charge in [0.25, 0.3) is 5.91 Å². The Balaban J connectivity index is 0.00000353. The average molecular weight is 573 g/mol. The van der Waals surface area contributed by atoms with Crippen molar-refractivity contribution in [2.24, 2.45) is 5.92 Å². The number of hydrogen-bond acceptors (Lipinski definition) is 7. The smallest absolute Gasteiger partial charge is 0.251 e. The number of rotatable bonds is 7. The Hall–Kier alpha value is -2.75. The molecule has 5 rings (SSSR count). The Morgan fingerprint density at radius 1 is 1.05 bits per heavy atom. The lowest BCUT2D eigenvalue weighted by Gasteiger charge is -2.30. The maximum Gasteiger partial charge on any atom is 0.251 e. The van der Waals surface area contributed by atoms with Gasteiger partial charge in [-0.2, -0.15) is 4.98 Å². The van der Waals surface area contributed by atoms with Crippen LogP contribution < -0.4 is 5.32 Å². The minimum absolute atomic E-state index is 0. The largest absolute Gasteiger partial charge is 0.349 e. The Kier molecular flexibility index (Phi) is 9.46. The van der Waals surface area contributed by atoms with E-state index in [1.165, 1.54) is 17.4 Å². The minimum atomic E-state index is -3.18. The third-order valence-corrected chi connectivity index (χ3v) is 9.06. The lowest BCUT2D eigenvalue weighted by Crippen LogP contribution is -2.38. The quantitative estimate of drug-likeness (QED) is 0.439. The van der Waals surface area contributed by atoms with Crippen molar-refractivity contribution >= 4 is 28.2 Å². The second-order valence-corrected chi connectivity index (χ2v) is 12.8. The number of carbonyl (C=O) groups is 1. The van der Waals surface area contributed by atoms with Gasteiger partial charge < -0.3 is 14.7 Å². The number of sulfone groups is 1. The third-order valence-electron chi connectivity index (χ3n) is 7.95. The number of nitrogens with zero attached hydrogens (tertiary/aromatic N) is 3. The average Bonchev–Trinajstić information content (AvgIpc) is 3.24. The summed E-state index contributed by atoms with van der Waals surface area (Å²) in [7, 11) is -3.18. The van der Waals surface area contributed by atoms with Gasteiger partial charge in [-0.3, -0.25) is 4.79 Å². The van der Waals surface area contributed by atoms with Crippen LogP contribution in [0, 0.1) is 12.8 Å². The van der Waals surface area contributed by atoms with Crippen LogP contribution in [-0.4, -0.2) is 61.3 Å². The predicted octanol–water partition coefficient (Wildman–Crippen LogP) is 4.65. The summed E-state index contributed by atoms with van der Waals surface area (Å²) in [6.07, 6.45) is 8.54. The van der Waals surface area contributed by atoms with Crippen LogP contribution in [0.2, 0.25) is 0 Å². The first-order chi connectivity index (χ1) is 18.2. The fourth-order valence-corrected chi connectivity index (χ4v) is 6.32. The molecule has 8 nitrogen and oxygen atoms in total. The van der Waals surface area contributed by atoms with E-state index in [2.05, 4.69) is 20.4 Å². The molecule has 0 unspecified atom stereocenters. The normalized spacial score (nSPS) is 19.9. The Morgan fingerprint density at radius 3 is 2.49 bits per heavy atom. The summed E-state index contributed by atoms with van der Waals surface area (Å²) in [6.45, 7) is 4.79. The summed E-state index contributed by atoms with van der Waals surface area (Å²) in [5, 5.41) is 7.17. The van der Waals surface area contributed by atoms with E-state index in [4.69, 9.17) is 4.52 Å². The molecule has 1 fully saturated rings. The van der Waals surface area contributed by atoms with Gasteiger partial charge in [-0.05, 0) is 92.8 Å². The Bertz CT molecular complexity index is 1400. The molecule has 2 aliphatic rings. The Labute approximate surface area is 236 Å². The first-order valence-electron chi connectivity index (χ1n) is 13.5. The molecule has 0 spiro atoms. The highest BCUT2D eigenvalue weighted by molar-refractivity contribution is 7.90. The predicted molar refractivity (Wildman–Crippen MR) is 153 cm³/mol. The maximum absolute atomic E-state index is 12.9. The molecule has 1 N–H and O–H groups in total. The number of halogens is 1. The number of benzene rings is 2. The molecule has 0 radical (unpaired) electrons. The van der Waals surface area contributed by atoms with E-state index in [0.29, 0.717) is 28.1 Å². The zero-order valence-electron chi connectivity index (χ0n) is 22.6. The van der Waals surface area contributed by atoms with Crippen molar-refractivity contribution < 1.29 is 17.7 Å². The van der Waals surface area contributed by atoms with E-state index in [1.54, 1.807) is 13.0 Å². The standard InChI is InChI=1S/C29H36N4O4S.ClH/c1-20-30-28(32-37-20)24-4-3-5-25(18-24)29(34)31-26-9-6-21(7-10-26)12-15-33-16-13-22-8-11-27(38(2,35)36)19-23(22)14-17-33;/h3-5,8,11,18-19,21,26H,6-7,9-10,12-17H2,1-2H3,(H,31,34);1H. The number of aromatic nitrogens is 2. The zero-order valence-corrected chi connectivity index (χ0v) is 24.2. The monoisotopic (exact) mass is 572 g/mol. The van der Waals surface area contributed by atoms with Crippen molar-refractivity contribution in [3.8, 4) is 11.4 Å². The van der Waals surface area contributed by atoms with Crippen molar-refractivity contribution in [1.82, 2.24) is 20.4 Å². The van der Waals surface area contributed by atoms with Gasteiger partial charge in [-0.15, -0.1) is 12.4 Å². The molecule has 1 saturated carbocycles. The molecule has 10 heteroatoms. The topological polar surface area (TPSA) is 105 Å². The van der Waals surface area contributed by atoms with Crippen molar-refractivity contribution in [3.63, 3.8) is 0 Å². The van der Waals surface area contributed by atoms with E-state index in [9.17, 15) is 13.2 Å². The number of nitrogens with one attached hydrogen (secondary N) is 1. The van der Waals surface area contributed by atoms with Gasteiger partial charge in [0.2, 0.25) is 11.7 Å². The molecule has 210 valence electrons. The SMILES string of the molecule is Cc1nc(-c2cccc(C(=O)NC3CCC(CCN4CCc5ccc(S(C)(=O)=O)cc5CC4)CC3)c2)no1.Cl. The molecule has 39 heavy (non-hydrogen) atoms. The van der Waals surface area contributed by atoms with Crippen molar-refractivity contribution in [2.75, 3.05) is 25.9 Å².